The Labute approximate surface area is 149 Å². The summed E-state index contributed by atoms with van der Waals surface area (Å²) < 4.78 is 1.86. The van der Waals surface area contributed by atoms with Gasteiger partial charge in [0.25, 0.3) is 0 Å². The molecule has 0 unspecified atom stereocenters. The minimum absolute atomic E-state index is 0.158. The summed E-state index contributed by atoms with van der Waals surface area (Å²) >= 11 is 0. The molecule has 0 aliphatic carbocycles. The zero-order valence-corrected chi connectivity index (χ0v) is 15.7. The van der Waals surface area contributed by atoms with Gasteiger partial charge in [-0.15, -0.1) is 0 Å². The first kappa shape index (κ1) is 18.0. The molecular weight excluding hydrogens is 316 g/mol. The van der Waals surface area contributed by atoms with Crippen molar-refractivity contribution in [1.82, 2.24) is 20.0 Å². The van der Waals surface area contributed by atoms with Gasteiger partial charge in [-0.2, -0.15) is 5.10 Å². The van der Waals surface area contributed by atoms with Crippen molar-refractivity contribution in [2.24, 2.45) is 5.41 Å². The third-order valence-electron chi connectivity index (χ3n) is 6.21. The van der Waals surface area contributed by atoms with Gasteiger partial charge >= 0.3 is 0 Å². The standard InChI is InChI=1S/C19H30N4O2/c1-4-16-14(2)21-23(15(16)3)13-18(25)22-11-8-19(9-12-22)6-5-17(24)20-10-7-19/h4-13H2,1-3H3,(H,20,24). The van der Waals surface area contributed by atoms with Crippen LogP contribution in [-0.2, 0) is 22.6 Å². The van der Waals surface area contributed by atoms with E-state index in [9.17, 15) is 9.59 Å². The highest BCUT2D eigenvalue weighted by molar-refractivity contribution is 5.77. The summed E-state index contributed by atoms with van der Waals surface area (Å²) in [6.07, 6.45) is 5.58. The molecule has 138 valence electrons. The fourth-order valence-corrected chi connectivity index (χ4v) is 4.42. The largest absolute Gasteiger partial charge is 0.356 e. The molecule has 0 atom stereocenters. The number of hydrogen-bond donors (Lipinski definition) is 1. The van der Waals surface area contributed by atoms with Crippen molar-refractivity contribution in [3.63, 3.8) is 0 Å². The molecule has 0 radical (unpaired) electrons. The molecule has 6 nitrogen and oxygen atoms in total. The van der Waals surface area contributed by atoms with Crippen molar-refractivity contribution in [3.8, 4) is 0 Å². The lowest BCUT2D eigenvalue weighted by Gasteiger charge is -2.41. The van der Waals surface area contributed by atoms with Crippen LogP contribution in [0.1, 0.15) is 56.0 Å². The minimum atomic E-state index is 0.158. The van der Waals surface area contributed by atoms with Crippen molar-refractivity contribution < 1.29 is 9.59 Å². The van der Waals surface area contributed by atoms with Crippen molar-refractivity contribution in [2.45, 2.75) is 65.8 Å². The maximum atomic E-state index is 12.7. The number of rotatable bonds is 3. The van der Waals surface area contributed by atoms with E-state index < -0.39 is 0 Å². The van der Waals surface area contributed by atoms with E-state index in [0.29, 0.717) is 13.0 Å². The van der Waals surface area contributed by atoms with Crippen molar-refractivity contribution in [3.05, 3.63) is 17.0 Å². The number of hydrogen-bond acceptors (Lipinski definition) is 3. The Hall–Kier alpha value is -1.85. The van der Waals surface area contributed by atoms with Crippen LogP contribution in [0.4, 0.5) is 0 Å². The topological polar surface area (TPSA) is 67.2 Å². The van der Waals surface area contributed by atoms with Crippen LogP contribution in [0.5, 0.6) is 0 Å². The molecule has 2 fully saturated rings. The second kappa shape index (κ2) is 7.18. The second-order valence-corrected chi connectivity index (χ2v) is 7.64. The molecule has 2 saturated heterocycles. The third-order valence-corrected chi connectivity index (χ3v) is 6.21. The van der Waals surface area contributed by atoms with Gasteiger partial charge in [-0.1, -0.05) is 6.92 Å². The van der Waals surface area contributed by atoms with Crippen LogP contribution in [0.2, 0.25) is 0 Å². The maximum absolute atomic E-state index is 12.7. The normalized spacial score (nSPS) is 20.4. The second-order valence-electron chi connectivity index (χ2n) is 7.64. The summed E-state index contributed by atoms with van der Waals surface area (Å²) in [6.45, 7) is 8.89. The van der Waals surface area contributed by atoms with E-state index in [-0.39, 0.29) is 17.2 Å². The maximum Gasteiger partial charge on any atom is 0.244 e. The Balaban J connectivity index is 1.59. The number of nitrogens with one attached hydrogen (secondary N) is 1. The molecule has 6 heteroatoms. The number of aromatic nitrogens is 2. The molecular formula is C19H30N4O2. The smallest absolute Gasteiger partial charge is 0.244 e. The molecule has 2 aliphatic rings. The molecule has 2 amide bonds. The lowest BCUT2D eigenvalue weighted by Crippen LogP contribution is -2.44. The molecule has 3 rings (SSSR count). The fraction of sp³-hybridized carbons (Fsp3) is 0.737. The monoisotopic (exact) mass is 346 g/mol. The average molecular weight is 346 g/mol. The van der Waals surface area contributed by atoms with E-state index in [1.807, 2.05) is 23.4 Å². The summed E-state index contributed by atoms with van der Waals surface area (Å²) in [5.74, 6) is 0.331. The third kappa shape index (κ3) is 3.72. The highest BCUT2D eigenvalue weighted by Gasteiger charge is 2.37. The van der Waals surface area contributed by atoms with E-state index in [0.717, 1.165) is 63.1 Å². The lowest BCUT2D eigenvalue weighted by atomic mass is 9.73. The van der Waals surface area contributed by atoms with Crippen molar-refractivity contribution in [1.29, 1.82) is 0 Å². The number of nitrogens with zero attached hydrogens (tertiary/aromatic N) is 3. The molecule has 1 aromatic rings. The molecule has 0 saturated carbocycles. The number of likely N-dealkylation sites (tertiary alicyclic amines) is 1. The summed E-state index contributed by atoms with van der Waals surface area (Å²) in [6, 6.07) is 0. The van der Waals surface area contributed by atoms with E-state index in [1.165, 1.54) is 5.56 Å². The van der Waals surface area contributed by atoms with Crippen molar-refractivity contribution in [2.75, 3.05) is 19.6 Å². The zero-order chi connectivity index (χ0) is 18.0. The van der Waals surface area contributed by atoms with Crippen molar-refractivity contribution >= 4 is 11.8 Å². The fourth-order valence-electron chi connectivity index (χ4n) is 4.42. The van der Waals surface area contributed by atoms with Crippen LogP contribution in [-0.4, -0.2) is 46.1 Å². The van der Waals surface area contributed by atoms with Crippen LogP contribution in [0.25, 0.3) is 0 Å². The quantitative estimate of drug-likeness (QED) is 0.910. The van der Waals surface area contributed by atoms with E-state index in [2.05, 4.69) is 17.3 Å². The molecule has 0 aromatic carbocycles. The van der Waals surface area contributed by atoms with Gasteiger partial charge in [-0.05, 0) is 56.9 Å². The van der Waals surface area contributed by atoms with Gasteiger partial charge in [0.05, 0.1) is 5.69 Å². The highest BCUT2D eigenvalue weighted by Crippen LogP contribution is 2.40. The first-order valence-corrected chi connectivity index (χ1v) is 9.51. The van der Waals surface area contributed by atoms with Crippen LogP contribution >= 0.6 is 0 Å². The summed E-state index contributed by atoms with van der Waals surface area (Å²) in [4.78, 5) is 26.3. The van der Waals surface area contributed by atoms with Crippen LogP contribution in [0, 0.1) is 19.3 Å². The Morgan fingerprint density at radius 3 is 2.56 bits per heavy atom. The molecule has 25 heavy (non-hydrogen) atoms. The first-order chi connectivity index (χ1) is 11.9. The van der Waals surface area contributed by atoms with Gasteiger partial charge < -0.3 is 10.2 Å². The minimum Gasteiger partial charge on any atom is -0.356 e. The zero-order valence-electron chi connectivity index (χ0n) is 15.7. The average Bonchev–Trinajstić information content (AvgIpc) is 2.74. The Morgan fingerprint density at radius 1 is 1.20 bits per heavy atom. The lowest BCUT2D eigenvalue weighted by molar-refractivity contribution is -0.134. The Morgan fingerprint density at radius 2 is 1.92 bits per heavy atom. The van der Waals surface area contributed by atoms with E-state index in [4.69, 9.17) is 0 Å². The first-order valence-electron chi connectivity index (χ1n) is 9.51. The number of piperidine rings is 1. The molecule has 0 bridgehead atoms. The SMILES string of the molecule is CCc1c(C)nn(CC(=O)N2CCC3(CCNC(=O)CC3)CC2)c1C. The summed E-state index contributed by atoms with van der Waals surface area (Å²) in [5, 5.41) is 7.51. The molecule has 1 N–H and O–H groups in total. The number of aryl methyl sites for hydroxylation is 1. The predicted octanol–water partition coefficient (Wildman–Crippen LogP) is 1.97. The Bertz CT molecular complexity index is 657. The molecule has 3 heterocycles. The van der Waals surface area contributed by atoms with Gasteiger partial charge in [0.1, 0.15) is 6.54 Å². The summed E-state index contributed by atoms with van der Waals surface area (Å²) in [5.41, 5.74) is 3.63. The molecule has 1 spiro atoms. The predicted molar refractivity (Wildman–Crippen MR) is 96.2 cm³/mol. The van der Waals surface area contributed by atoms with Crippen LogP contribution in [0.15, 0.2) is 0 Å². The van der Waals surface area contributed by atoms with Gasteiger partial charge in [-0.3, -0.25) is 14.3 Å². The molecule has 1 aromatic heterocycles. The number of carbonyl (C=O) groups is 2. The number of amides is 2. The van der Waals surface area contributed by atoms with Gasteiger partial charge in [0.15, 0.2) is 0 Å². The number of carbonyl (C=O) groups excluding carboxylic acids is 2. The van der Waals surface area contributed by atoms with Gasteiger partial charge in [0.2, 0.25) is 11.8 Å². The highest BCUT2D eigenvalue weighted by atomic mass is 16.2. The van der Waals surface area contributed by atoms with Gasteiger partial charge in [0, 0.05) is 31.7 Å². The van der Waals surface area contributed by atoms with Crippen LogP contribution < -0.4 is 5.32 Å². The Kier molecular flexibility index (Phi) is 5.16. The van der Waals surface area contributed by atoms with Crippen LogP contribution in [0.3, 0.4) is 0 Å². The summed E-state index contributed by atoms with van der Waals surface area (Å²) in [7, 11) is 0. The molecule has 2 aliphatic heterocycles. The van der Waals surface area contributed by atoms with E-state index >= 15 is 0 Å². The van der Waals surface area contributed by atoms with E-state index in [1.54, 1.807) is 0 Å². The van der Waals surface area contributed by atoms with Gasteiger partial charge in [-0.25, -0.2) is 0 Å².